The third-order valence-electron chi connectivity index (χ3n) is 3.69. The van der Waals surface area contributed by atoms with Crippen LogP contribution in [0.25, 0.3) is 10.9 Å². The van der Waals surface area contributed by atoms with Crippen LogP contribution >= 0.6 is 27.3 Å². The van der Waals surface area contributed by atoms with Crippen molar-refractivity contribution in [3.05, 3.63) is 60.7 Å². The third kappa shape index (κ3) is 3.14. The molecule has 0 unspecified atom stereocenters. The standard InChI is InChI=1S/C18H16BrN3OS/c1-18(2,3)17-21-13(10-24-17)9-22-8-11(7-20)16(23)14-6-12(19)4-5-15(14)22/h4-6,8,10H,9H2,1-3H3. The molecule has 1 aromatic carbocycles. The molecular formula is C18H16BrN3OS. The summed E-state index contributed by atoms with van der Waals surface area (Å²) in [6, 6.07) is 7.54. The van der Waals surface area contributed by atoms with E-state index in [-0.39, 0.29) is 16.4 Å². The number of rotatable bonds is 2. The first-order chi connectivity index (χ1) is 11.3. The Morgan fingerprint density at radius 3 is 2.75 bits per heavy atom. The number of hydrogen-bond acceptors (Lipinski definition) is 4. The lowest BCUT2D eigenvalue weighted by Gasteiger charge is -2.14. The van der Waals surface area contributed by atoms with E-state index in [1.165, 1.54) is 0 Å². The molecular weight excluding hydrogens is 386 g/mol. The Labute approximate surface area is 152 Å². The van der Waals surface area contributed by atoms with Gasteiger partial charge >= 0.3 is 0 Å². The van der Waals surface area contributed by atoms with Gasteiger partial charge in [-0.15, -0.1) is 11.3 Å². The van der Waals surface area contributed by atoms with Crippen molar-refractivity contribution >= 4 is 38.2 Å². The molecule has 0 amide bonds. The van der Waals surface area contributed by atoms with Crippen LogP contribution in [0.2, 0.25) is 0 Å². The fourth-order valence-electron chi connectivity index (χ4n) is 2.48. The Kier molecular flexibility index (Phi) is 4.33. The lowest BCUT2D eigenvalue weighted by molar-refractivity contribution is 0.581. The number of nitrogens with zero attached hydrogens (tertiary/aromatic N) is 3. The number of pyridine rings is 1. The lowest BCUT2D eigenvalue weighted by atomic mass is 9.98. The van der Waals surface area contributed by atoms with Crippen molar-refractivity contribution in [1.82, 2.24) is 9.55 Å². The van der Waals surface area contributed by atoms with Crippen molar-refractivity contribution in [1.29, 1.82) is 5.26 Å². The van der Waals surface area contributed by atoms with Crippen molar-refractivity contribution in [2.75, 3.05) is 0 Å². The highest BCUT2D eigenvalue weighted by atomic mass is 79.9. The van der Waals surface area contributed by atoms with Gasteiger partial charge in [0.15, 0.2) is 0 Å². The van der Waals surface area contributed by atoms with Crippen LogP contribution in [0, 0.1) is 11.3 Å². The van der Waals surface area contributed by atoms with E-state index < -0.39 is 0 Å². The molecule has 0 saturated carbocycles. The van der Waals surface area contributed by atoms with Crippen LogP contribution in [0.3, 0.4) is 0 Å². The van der Waals surface area contributed by atoms with Crippen molar-refractivity contribution in [3.8, 4) is 6.07 Å². The van der Waals surface area contributed by atoms with Gasteiger partial charge in [-0.05, 0) is 18.2 Å². The van der Waals surface area contributed by atoms with Crippen LogP contribution < -0.4 is 5.43 Å². The third-order valence-corrected chi connectivity index (χ3v) is 5.50. The summed E-state index contributed by atoms with van der Waals surface area (Å²) in [6.45, 7) is 6.93. The monoisotopic (exact) mass is 401 g/mol. The molecule has 0 aliphatic heterocycles. The molecule has 4 nitrogen and oxygen atoms in total. The van der Waals surface area contributed by atoms with E-state index in [0.717, 1.165) is 20.7 Å². The molecule has 122 valence electrons. The zero-order valence-electron chi connectivity index (χ0n) is 13.6. The number of hydrogen-bond donors (Lipinski definition) is 0. The zero-order valence-corrected chi connectivity index (χ0v) is 16.0. The molecule has 0 bridgehead atoms. The summed E-state index contributed by atoms with van der Waals surface area (Å²) in [4.78, 5) is 17.1. The van der Waals surface area contributed by atoms with Crippen molar-refractivity contribution < 1.29 is 0 Å². The van der Waals surface area contributed by atoms with E-state index in [0.29, 0.717) is 11.9 Å². The van der Waals surface area contributed by atoms with Gasteiger partial charge in [0.25, 0.3) is 0 Å². The van der Waals surface area contributed by atoms with Gasteiger partial charge in [-0.25, -0.2) is 4.98 Å². The van der Waals surface area contributed by atoms with Gasteiger partial charge in [-0.1, -0.05) is 36.7 Å². The van der Waals surface area contributed by atoms with Gasteiger partial charge in [0.05, 0.1) is 22.8 Å². The smallest absolute Gasteiger partial charge is 0.207 e. The molecule has 0 N–H and O–H groups in total. The van der Waals surface area contributed by atoms with E-state index in [2.05, 4.69) is 36.7 Å². The Morgan fingerprint density at radius 1 is 1.38 bits per heavy atom. The van der Waals surface area contributed by atoms with Crippen LogP contribution in [0.15, 0.2) is 39.0 Å². The number of thiazole rings is 1. The first kappa shape index (κ1) is 16.9. The van der Waals surface area contributed by atoms with Crippen LogP contribution in [0.1, 0.15) is 37.0 Å². The first-order valence-corrected chi connectivity index (χ1v) is 9.14. The van der Waals surface area contributed by atoms with E-state index in [9.17, 15) is 10.1 Å². The summed E-state index contributed by atoms with van der Waals surface area (Å²) in [5.74, 6) is 0. The van der Waals surface area contributed by atoms with E-state index >= 15 is 0 Å². The first-order valence-electron chi connectivity index (χ1n) is 7.47. The molecule has 24 heavy (non-hydrogen) atoms. The van der Waals surface area contributed by atoms with Crippen LogP contribution in [0.5, 0.6) is 0 Å². The molecule has 0 saturated heterocycles. The molecule has 2 heterocycles. The van der Waals surface area contributed by atoms with E-state index in [4.69, 9.17) is 4.98 Å². The normalized spacial score (nSPS) is 11.6. The number of benzene rings is 1. The fourth-order valence-corrected chi connectivity index (χ4v) is 3.74. The van der Waals surface area contributed by atoms with Gasteiger partial charge in [-0.2, -0.15) is 5.26 Å². The molecule has 3 aromatic rings. The van der Waals surface area contributed by atoms with Crippen molar-refractivity contribution in [3.63, 3.8) is 0 Å². The van der Waals surface area contributed by atoms with Crippen LogP contribution in [-0.2, 0) is 12.0 Å². The SMILES string of the molecule is CC(C)(C)c1nc(Cn2cc(C#N)c(=O)c3cc(Br)ccc32)cs1. The summed E-state index contributed by atoms with van der Waals surface area (Å²) >= 11 is 5.03. The fraction of sp³-hybridized carbons (Fsp3) is 0.278. The lowest BCUT2D eigenvalue weighted by Crippen LogP contribution is -2.14. The topological polar surface area (TPSA) is 58.7 Å². The number of fused-ring (bicyclic) bond motifs is 1. The van der Waals surface area contributed by atoms with E-state index in [1.54, 1.807) is 23.6 Å². The molecule has 3 rings (SSSR count). The summed E-state index contributed by atoms with van der Waals surface area (Å²) < 4.78 is 2.74. The summed E-state index contributed by atoms with van der Waals surface area (Å²) in [5.41, 5.74) is 1.65. The predicted molar refractivity (Wildman–Crippen MR) is 101 cm³/mol. The molecule has 0 aliphatic carbocycles. The van der Waals surface area contributed by atoms with Gasteiger partial charge in [0, 0.05) is 26.9 Å². The highest BCUT2D eigenvalue weighted by molar-refractivity contribution is 9.10. The molecule has 0 spiro atoms. The predicted octanol–water partition coefficient (Wildman–Crippen LogP) is 4.44. The second kappa shape index (κ2) is 6.15. The number of halogens is 1. The minimum absolute atomic E-state index is 0.0111. The maximum atomic E-state index is 12.4. The largest absolute Gasteiger partial charge is 0.340 e. The second-order valence-corrected chi connectivity index (χ2v) is 8.44. The summed E-state index contributed by atoms with van der Waals surface area (Å²) in [5, 5.41) is 12.9. The van der Waals surface area contributed by atoms with Crippen LogP contribution in [-0.4, -0.2) is 9.55 Å². The highest BCUT2D eigenvalue weighted by Crippen LogP contribution is 2.26. The molecule has 0 atom stereocenters. The second-order valence-electron chi connectivity index (χ2n) is 6.67. The van der Waals surface area contributed by atoms with Gasteiger partial charge in [-0.3, -0.25) is 4.79 Å². The molecule has 6 heteroatoms. The van der Waals surface area contributed by atoms with Crippen molar-refractivity contribution in [2.24, 2.45) is 0 Å². The molecule has 2 aromatic heterocycles. The maximum Gasteiger partial charge on any atom is 0.207 e. The van der Waals surface area contributed by atoms with Gasteiger partial charge in [0.2, 0.25) is 5.43 Å². The minimum atomic E-state index is -0.237. The Balaban J connectivity index is 2.13. The molecule has 0 fully saturated rings. The Morgan fingerprint density at radius 2 is 2.12 bits per heavy atom. The Bertz CT molecular complexity index is 1020. The van der Waals surface area contributed by atoms with Crippen molar-refractivity contribution in [2.45, 2.75) is 32.7 Å². The van der Waals surface area contributed by atoms with Crippen LogP contribution in [0.4, 0.5) is 0 Å². The maximum absolute atomic E-state index is 12.4. The molecule has 0 radical (unpaired) electrons. The zero-order chi connectivity index (χ0) is 17.5. The van der Waals surface area contributed by atoms with E-state index in [1.807, 2.05) is 28.1 Å². The summed E-state index contributed by atoms with van der Waals surface area (Å²) in [6.07, 6.45) is 1.62. The molecule has 0 aliphatic rings. The number of aromatic nitrogens is 2. The summed E-state index contributed by atoms with van der Waals surface area (Å²) in [7, 11) is 0. The average Bonchev–Trinajstić information content (AvgIpc) is 2.99. The highest BCUT2D eigenvalue weighted by Gasteiger charge is 2.18. The Hall–Kier alpha value is -1.97. The average molecular weight is 402 g/mol. The van der Waals surface area contributed by atoms with Gasteiger partial charge in [0.1, 0.15) is 11.6 Å². The number of nitriles is 1. The minimum Gasteiger partial charge on any atom is -0.340 e. The van der Waals surface area contributed by atoms with Gasteiger partial charge < -0.3 is 4.57 Å². The quantitative estimate of drug-likeness (QED) is 0.637.